The van der Waals surface area contributed by atoms with Gasteiger partial charge in [-0.05, 0) is 62.3 Å². The van der Waals surface area contributed by atoms with E-state index < -0.39 is 7.87 Å². The van der Waals surface area contributed by atoms with Crippen LogP contribution in [0.4, 0.5) is 0 Å². The van der Waals surface area contributed by atoms with Crippen molar-refractivity contribution in [1.29, 1.82) is 0 Å². The van der Waals surface area contributed by atoms with Crippen LogP contribution in [-0.2, 0) is 0 Å². The molecule has 4 nitrogen and oxygen atoms in total. The van der Waals surface area contributed by atoms with Crippen LogP contribution >= 0.6 is 7.87 Å². The highest BCUT2D eigenvalue weighted by atomic mass is 31.2. The van der Waals surface area contributed by atoms with E-state index in [1.165, 1.54) is 0 Å². The first kappa shape index (κ1) is 22.3. The van der Waals surface area contributed by atoms with E-state index in [-0.39, 0.29) is 5.54 Å². The number of nitrogens with zero attached hydrogens (tertiary/aromatic N) is 4. The first-order valence-corrected chi connectivity index (χ1v) is 10.7. The maximum absolute atomic E-state index is 2.72. The van der Waals surface area contributed by atoms with Crippen LogP contribution in [-0.4, -0.2) is 70.5 Å². The average Bonchev–Trinajstić information content (AvgIpc) is 2.48. The van der Waals surface area contributed by atoms with Crippen molar-refractivity contribution < 1.29 is 0 Å². The lowest BCUT2D eigenvalue weighted by molar-refractivity contribution is 0.206. The predicted octanol–water partition coefficient (Wildman–Crippen LogP) is 4.42. The van der Waals surface area contributed by atoms with E-state index in [0.29, 0.717) is 0 Å². The van der Waals surface area contributed by atoms with Gasteiger partial charge >= 0.3 is 7.87 Å². The van der Waals surface area contributed by atoms with Crippen molar-refractivity contribution in [3.8, 4) is 0 Å². The molecule has 0 saturated carbocycles. The van der Waals surface area contributed by atoms with Gasteiger partial charge in [-0.15, -0.1) is 18.7 Å². The van der Waals surface area contributed by atoms with Gasteiger partial charge in [0.05, 0.1) is 5.54 Å². The summed E-state index contributed by atoms with van der Waals surface area (Å²) in [6, 6.07) is 0. The van der Waals surface area contributed by atoms with E-state index in [9.17, 15) is 0 Å². The third kappa shape index (κ3) is 4.21. The van der Waals surface area contributed by atoms with Gasteiger partial charge < -0.3 is 0 Å². The molecule has 0 aromatic carbocycles. The Kier molecular flexibility index (Phi) is 9.65. The molecule has 0 fully saturated rings. The highest BCUT2D eigenvalue weighted by Gasteiger charge is 2.60. The summed E-state index contributed by atoms with van der Waals surface area (Å²) in [6.45, 7) is 27.4. The largest absolute Gasteiger partial charge is 0.308 e. The van der Waals surface area contributed by atoms with E-state index >= 15 is 0 Å². The van der Waals surface area contributed by atoms with E-state index in [1.54, 1.807) is 0 Å². The van der Waals surface area contributed by atoms with Crippen LogP contribution in [0.2, 0.25) is 0 Å². The Hall–Kier alpha value is 0.270. The lowest BCUT2D eigenvalue weighted by Gasteiger charge is -2.52. The fourth-order valence-corrected chi connectivity index (χ4v) is 8.61. The molecule has 0 amide bonds. The molecule has 0 bridgehead atoms. The summed E-state index contributed by atoms with van der Waals surface area (Å²) in [5.74, 6) is 0. The second-order valence-corrected chi connectivity index (χ2v) is 10.0. The molecule has 0 aromatic rings. The van der Waals surface area contributed by atoms with Gasteiger partial charge in [0.1, 0.15) is 0 Å². The minimum atomic E-state index is -1.71. The Morgan fingerprint density at radius 1 is 0.591 bits per heavy atom. The summed E-state index contributed by atoms with van der Waals surface area (Å²) in [5.41, 5.74) is 0.140. The van der Waals surface area contributed by atoms with E-state index in [4.69, 9.17) is 0 Å². The van der Waals surface area contributed by atoms with Crippen LogP contribution in [0, 0.1) is 0 Å². The van der Waals surface area contributed by atoms with Crippen molar-refractivity contribution >= 4 is 7.87 Å². The van der Waals surface area contributed by atoms with Crippen molar-refractivity contribution in [2.75, 3.05) is 46.3 Å². The quantitative estimate of drug-likeness (QED) is 0.549. The van der Waals surface area contributed by atoms with Gasteiger partial charge in [0.25, 0.3) is 0 Å². The first-order valence-electron chi connectivity index (χ1n) is 9.11. The van der Waals surface area contributed by atoms with Crippen LogP contribution in [0.25, 0.3) is 0 Å². The van der Waals surface area contributed by atoms with Crippen molar-refractivity contribution in [3.63, 3.8) is 0 Å². The molecule has 5 heteroatoms. The Morgan fingerprint density at radius 3 is 0.955 bits per heavy atom. The molecular formula is C17H42N4P+. The van der Waals surface area contributed by atoms with Crippen LogP contribution in [0.1, 0.15) is 62.3 Å². The van der Waals surface area contributed by atoms with Gasteiger partial charge in [0, 0.05) is 46.3 Å². The summed E-state index contributed by atoms with van der Waals surface area (Å²) in [4.78, 5) is 0. The number of rotatable bonds is 10. The van der Waals surface area contributed by atoms with Gasteiger partial charge in [-0.3, -0.25) is 0 Å². The molecule has 0 aliphatic rings. The van der Waals surface area contributed by atoms with Crippen molar-refractivity contribution in [1.82, 2.24) is 18.7 Å². The molecule has 0 radical (unpaired) electrons. The topological polar surface area (TPSA) is 13.0 Å². The minimum Gasteiger partial charge on any atom is -0.134 e. The molecule has 0 aliphatic heterocycles. The van der Waals surface area contributed by atoms with Crippen LogP contribution in [0.15, 0.2) is 0 Å². The molecule has 0 aliphatic carbocycles. The van der Waals surface area contributed by atoms with Crippen molar-refractivity contribution in [3.05, 3.63) is 0 Å². The highest BCUT2D eigenvalue weighted by molar-refractivity contribution is 7.66. The summed E-state index contributed by atoms with van der Waals surface area (Å²) in [6.07, 6.45) is 0. The smallest absolute Gasteiger partial charge is 0.134 e. The fraction of sp³-hybridized carbons (Fsp3) is 1.00. The molecule has 0 aromatic heterocycles. The summed E-state index contributed by atoms with van der Waals surface area (Å²) >= 11 is 0. The molecular weight excluding hydrogens is 291 g/mol. The average molecular weight is 334 g/mol. The molecule has 22 heavy (non-hydrogen) atoms. The van der Waals surface area contributed by atoms with Crippen LogP contribution in [0.3, 0.4) is 0 Å². The van der Waals surface area contributed by atoms with Gasteiger partial charge in [-0.2, -0.15) is 0 Å². The van der Waals surface area contributed by atoms with Crippen LogP contribution in [0.5, 0.6) is 0 Å². The Bertz CT molecular complexity index is 260. The van der Waals surface area contributed by atoms with Gasteiger partial charge in [-0.1, -0.05) is 0 Å². The molecule has 0 heterocycles. The molecule has 134 valence electrons. The zero-order chi connectivity index (χ0) is 17.6. The Morgan fingerprint density at radius 2 is 0.818 bits per heavy atom. The third-order valence-corrected chi connectivity index (χ3v) is 10.1. The second kappa shape index (κ2) is 9.54. The lowest BCUT2D eigenvalue weighted by atomic mass is 10.1. The molecule has 0 spiro atoms. The SMILES string of the molecule is CCN(CC)[P+](N(CC)CC)(N(CC)CC)N(C)C(C)(C)C. The lowest BCUT2D eigenvalue weighted by Crippen LogP contribution is -2.56. The summed E-state index contributed by atoms with van der Waals surface area (Å²) in [5, 5.41) is 0. The van der Waals surface area contributed by atoms with Gasteiger partial charge in [0.2, 0.25) is 0 Å². The molecule has 0 N–H and O–H groups in total. The van der Waals surface area contributed by atoms with E-state index in [1.807, 2.05) is 0 Å². The van der Waals surface area contributed by atoms with E-state index in [2.05, 4.69) is 88.0 Å². The fourth-order valence-electron chi connectivity index (χ4n) is 3.32. The third-order valence-electron chi connectivity index (χ3n) is 4.70. The van der Waals surface area contributed by atoms with Crippen molar-refractivity contribution in [2.45, 2.75) is 67.9 Å². The molecule has 0 saturated heterocycles. The first-order chi connectivity index (χ1) is 10.2. The normalized spacial score (nSPS) is 13.9. The standard InChI is InChI=1S/C17H42N4P/c1-11-19(12-2)22(20(13-3)14-4,21(15-5)16-6)18(10)17(7,8)9/h11-16H2,1-10H3/q+1. The summed E-state index contributed by atoms with van der Waals surface area (Å²) in [7, 11) is 0.630. The highest BCUT2D eigenvalue weighted by Crippen LogP contribution is 2.70. The zero-order valence-electron chi connectivity index (χ0n) is 17.0. The van der Waals surface area contributed by atoms with Gasteiger partial charge in [-0.25, -0.2) is 0 Å². The molecule has 0 rings (SSSR count). The molecule has 0 unspecified atom stereocenters. The second-order valence-electron chi connectivity index (χ2n) is 6.65. The van der Waals surface area contributed by atoms with Gasteiger partial charge in [0.15, 0.2) is 0 Å². The molecule has 0 atom stereocenters. The van der Waals surface area contributed by atoms with Crippen molar-refractivity contribution in [2.24, 2.45) is 0 Å². The predicted molar refractivity (Wildman–Crippen MR) is 103 cm³/mol. The maximum Gasteiger partial charge on any atom is 0.308 e. The monoisotopic (exact) mass is 333 g/mol. The summed E-state index contributed by atoms with van der Waals surface area (Å²) < 4.78 is 10.8. The Balaban J connectivity index is 6.36. The Labute approximate surface area is 141 Å². The number of hydrogen-bond donors (Lipinski definition) is 0. The van der Waals surface area contributed by atoms with E-state index in [0.717, 1.165) is 39.3 Å². The number of hydrogen-bond acceptors (Lipinski definition) is 4. The maximum atomic E-state index is 2.72. The van der Waals surface area contributed by atoms with Crippen LogP contribution < -0.4 is 0 Å². The zero-order valence-corrected chi connectivity index (χ0v) is 17.9. The minimum absolute atomic E-state index is 0.140.